The molecule has 18 N–H and O–H groups in total. The van der Waals surface area contributed by atoms with Crippen LogP contribution in [0.3, 0.4) is 0 Å². The fourth-order valence-electron chi connectivity index (χ4n) is 7.49. The number of hydrogen-bond acceptors (Lipinski definition) is 23. The number of aliphatic imine (C=N–C) groups is 2. The Balaban J connectivity index is -0.000000163. The molecule has 0 saturated carbocycles. The first-order chi connectivity index (χ1) is 65.2. The van der Waals surface area contributed by atoms with Gasteiger partial charge >= 0.3 is 0 Å². The number of rotatable bonds is 23. The first-order valence-corrected chi connectivity index (χ1v) is 50.8. The summed E-state index contributed by atoms with van der Waals surface area (Å²) >= 11 is 0. The van der Waals surface area contributed by atoms with Crippen molar-refractivity contribution >= 4 is 46.8 Å². The molecule has 0 unspecified atom stereocenters. The van der Waals surface area contributed by atoms with Crippen LogP contribution >= 0.6 is 0 Å². The quantitative estimate of drug-likeness (QED) is 0.0161. The second kappa shape index (κ2) is 92.4. The predicted molar refractivity (Wildman–Crippen MR) is 598 cm³/mol. The van der Waals surface area contributed by atoms with Crippen LogP contribution in [-0.2, 0) is 24.0 Å². The third kappa shape index (κ3) is 109. The molecule has 0 aliphatic carbocycles. The van der Waals surface area contributed by atoms with Crippen LogP contribution in [0.5, 0.6) is 0 Å². The van der Waals surface area contributed by atoms with Crippen molar-refractivity contribution in [2.75, 3.05) is 6.54 Å². The SMILES string of the molecule is C=C1C=CC=CN1.CC(C)/C=C(\O)C(C)C.CC(C)C.CC(C)C.CC(C)C(N)=O.CC(C)C(N)=O.CC(C)C1=NN=NC1.CC(C)CC(=O)C(C)C.CC(C)N=C(N)C(C)C.CC(C)N=C(N)C(C)C.CC(C)NC(=O)C(C)C.CC(C)NC(=O)C(C)C.CC(C)c1cn[nH]n1.CC(C)c1cnc(C(C)C)[nH]1.CC(C)c1cnc(C(C)C)[nH]1.CC(C)c1nn[nH]n1.CC(C)c1nn[nH]n1.O=c1cccc[nH]1. The molecule has 4 amide bonds. The van der Waals surface area contributed by atoms with Crippen LogP contribution in [0.25, 0.3) is 0 Å². The van der Waals surface area contributed by atoms with Crippen LogP contribution in [0.4, 0.5) is 0 Å². The number of hydrogen-bond donors (Lipinski definition) is 14. The molecule has 8 heterocycles. The molecule has 6 aromatic heterocycles. The van der Waals surface area contributed by atoms with Gasteiger partial charge in [-0.1, -0.05) is 320 Å². The molecule has 0 saturated heterocycles. The first-order valence-electron chi connectivity index (χ1n) is 50.8. The maximum Gasteiger partial charge on any atom is 0.247 e. The molecule has 6 aromatic rings. The molecule has 0 spiro atoms. The number of aliphatic hydroxyl groups is 1. The molecule has 0 atom stereocenters. The minimum atomic E-state index is -0.241. The molecular weight excluding hydrogens is 1790 g/mol. The van der Waals surface area contributed by atoms with Crippen LogP contribution in [0.15, 0.2) is 122 Å². The van der Waals surface area contributed by atoms with E-state index < -0.39 is 0 Å². The van der Waals surface area contributed by atoms with Gasteiger partial charge in [0.1, 0.15) is 24.0 Å². The van der Waals surface area contributed by atoms with E-state index in [1.54, 1.807) is 52.2 Å². The van der Waals surface area contributed by atoms with E-state index in [1.165, 1.54) is 17.5 Å². The Bertz CT molecular complexity index is 3890. The number of Topliss-reactive ketones (excluding diaryl/α,β-unsaturated/α-hetero) is 1. The molecule has 0 bridgehead atoms. The van der Waals surface area contributed by atoms with Gasteiger partial charge in [0.2, 0.25) is 29.2 Å². The van der Waals surface area contributed by atoms with Gasteiger partial charge in [0.15, 0.2) is 11.6 Å². The van der Waals surface area contributed by atoms with E-state index in [2.05, 4.69) is 282 Å². The Morgan fingerprint density at radius 2 is 0.838 bits per heavy atom. The van der Waals surface area contributed by atoms with Crippen molar-refractivity contribution in [3.8, 4) is 0 Å². The number of dihydropyridines is 1. The van der Waals surface area contributed by atoms with E-state index in [1.807, 2.05) is 209 Å². The van der Waals surface area contributed by atoms with Gasteiger partial charge in [-0.2, -0.15) is 31.0 Å². The highest BCUT2D eigenvalue weighted by molar-refractivity contribution is 5.88. The Labute approximate surface area is 861 Å². The standard InChI is InChI=1S/2C9H16N2.2C8H16O.2C7H16N2.2C7H15NO.C6H7N.2C5H9N3.C5H5NO.2C4H8N4.2C4H9NO.2C4H10/c2*1-6(2)8-5-10-9(11-8)7(3)4;2*1-6(2)5-8(9)7(3)4;2*1-5(2)7(8)9-6(3)4;2*1-5(2)7(9)8-6(3)4;1-6-4-2-3-5-7-6;2*1-4(2)5-3-6-8-7-5;7-5-3-1-2-4-6-5;2*1-3(2)4-5-7-8-6-4;2*1-3(2)4(5)6;2*1-4(2)3/h2*5-7H,1-4H3,(H,10,11);6-7H,5H2,1-4H3;5-7,9H,1-4H3;2*5-6H,1-4H3,(H2,8,9);2*5-6H,1-4H3,(H,8,9);2-5,7H,1H2;4H,3H2,1-2H3;3-4H,1-2H3,(H,6,7,8);1-4H,(H,6,7);2*3H,1-2H3,(H,5,6,7,8);2*3H,1-2H3,(H2,5,6);2*4H,1-3H3/b;;;8-5-;;;;;;;;;;;;;;. The van der Waals surface area contributed by atoms with Gasteiger partial charge in [0.25, 0.3) is 0 Å². The van der Waals surface area contributed by atoms with Crippen molar-refractivity contribution in [1.82, 2.24) is 97.5 Å². The van der Waals surface area contributed by atoms with Crippen molar-refractivity contribution in [2.24, 2.45) is 125 Å². The second-order valence-corrected chi connectivity index (χ2v) is 41.7. The molecule has 0 radical (unpaired) electrons. The number of H-pyrrole nitrogens is 6. The van der Waals surface area contributed by atoms with Crippen molar-refractivity contribution in [3.63, 3.8) is 0 Å². The third-order valence-electron chi connectivity index (χ3n) is 16.3. The van der Waals surface area contributed by atoms with Crippen molar-refractivity contribution < 1.29 is 29.1 Å². The van der Waals surface area contributed by atoms with Crippen molar-refractivity contribution in [2.45, 2.75) is 418 Å². The van der Waals surface area contributed by atoms with Gasteiger partial charge in [-0.25, -0.2) is 9.97 Å². The van der Waals surface area contributed by atoms with Gasteiger partial charge in [0, 0.05) is 150 Å². The average molecular weight is 2000 g/mol. The molecule has 820 valence electrons. The first kappa shape index (κ1) is 151. The van der Waals surface area contributed by atoms with E-state index in [-0.39, 0.29) is 76.8 Å². The van der Waals surface area contributed by atoms with Gasteiger partial charge < -0.3 is 58.9 Å². The molecule has 142 heavy (non-hydrogen) atoms. The molecular formula is C107H210N28O7. The predicted octanol–water partition coefficient (Wildman–Crippen LogP) is 23.6. The van der Waals surface area contributed by atoms with Gasteiger partial charge in [-0.05, 0) is 132 Å². The number of nitrogens with one attached hydrogen (secondary N) is 9. The van der Waals surface area contributed by atoms with Crippen LogP contribution in [0, 0.1) is 76.9 Å². The Morgan fingerprint density at radius 3 is 0.958 bits per heavy atom. The zero-order valence-electron chi connectivity index (χ0n) is 98.3. The topological polar surface area (TPSA) is 548 Å². The number of ketones is 1. The number of aromatic nitrogens is 16. The number of allylic oxidation sites excluding steroid dienone is 5. The highest BCUT2D eigenvalue weighted by Crippen LogP contribution is 2.18. The molecule has 8 rings (SSSR count). The number of amides is 4. The summed E-state index contributed by atoms with van der Waals surface area (Å²) in [5.41, 5.74) is 26.2. The van der Waals surface area contributed by atoms with Crippen LogP contribution in [0.2, 0.25) is 0 Å². The summed E-state index contributed by atoms with van der Waals surface area (Å²) in [6, 6.07) is 6.11. The van der Waals surface area contributed by atoms with Crippen molar-refractivity contribution in [1.29, 1.82) is 0 Å². The number of pyridine rings is 1. The third-order valence-corrected chi connectivity index (χ3v) is 16.3. The van der Waals surface area contributed by atoms with E-state index in [0.717, 1.165) is 70.3 Å². The van der Waals surface area contributed by atoms with Crippen LogP contribution in [-0.4, -0.2) is 164 Å². The average Bonchev–Trinajstić information content (AvgIpc) is 1.75. The summed E-state index contributed by atoms with van der Waals surface area (Å²) in [6.45, 7) is 106. The number of tetrazole rings is 2. The number of aliphatic hydroxyl groups excluding tert-OH is 1. The minimum absolute atomic E-state index is 0.00926. The Kier molecular flexibility index (Phi) is 98.4. The number of imidazole rings is 2. The number of amidine groups is 2. The van der Waals surface area contributed by atoms with Gasteiger partial charge in [-0.15, -0.1) is 25.5 Å². The summed E-state index contributed by atoms with van der Waals surface area (Å²) in [7, 11) is 0. The summed E-state index contributed by atoms with van der Waals surface area (Å²) in [6.07, 6.45) is 17.4. The normalized spacial score (nSPS) is 11.6. The summed E-state index contributed by atoms with van der Waals surface area (Å²) < 4.78 is 0. The molecule has 0 aromatic carbocycles. The molecule has 0 fully saturated rings. The highest BCUT2D eigenvalue weighted by Gasteiger charge is 2.13. The van der Waals surface area contributed by atoms with Gasteiger partial charge in [0.05, 0.1) is 35.0 Å². The Hall–Kier alpha value is -11.0. The Morgan fingerprint density at radius 1 is 0.458 bits per heavy atom. The summed E-state index contributed by atoms with van der Waals surface area (Å²) in [5, 5.41) is 65.4. The lowest BCUT2D eigenvalue weighted by molar-refractivity contribution is -0.125. The van der Waals surface area contributed by atoms with E-state index in [0.29, 0.717) is 101 Å². The largest absolute Gasteiger partial charge is 0.512 e. The lowest BCUT2D eigenvalue weighted by Gasteiger charge is -2.09. The number of carbonyl (C=O) groups excluding carboxylic acids is 5. The minimum Gasteiger partial charge on any atom is -0.512 e. The highest BCUT2D eigenvalue weighted by atomic mass is 16.3. The molecule has 35 heteroatoms. The van der Waals surface area contributed by atoms with E-state index in [9.17, 15) is 28.8 Å². The fourth-order valence-corrected chi connectivity index (χ4v) is 7.49. The van der Waals surface area contributed by atoms with Crippen LogP contribution in [0.1, 0.15) is 434 Å². The summed E-state index contributed by atoms with van der Waals surface area (Å²) in [5.74, 6) is 13.8. The number of carbonyl (C=O) groups is 5. The van der Waals surface area contributed by atoms with Gasteiger partial charge in [-0.3, -0.25) is 38.8 Å². The molecule has 2 aliphatic rings. The lowest BCUT2D eigenvalue weighted by atomic mass is 9.99. The maximum atomic E-state index is 11.0. The monoisotopic (exact) mass is 2000 g/mol. The van der Waals surface area contributed by atoms with E-state index >= 15 is 0 Å². The number of nitrogens with zero attached hydrogens (tertiary/aromatic N) is 15. The van der Waals surface area contributed by atoms with Crippen molar-refractivity contribution in [3.05, 3.63) is 142 Å². The molecule has 35 nitrogen and oxygen atoms in total. The fraction of sp³-hybridized carbons (Fsp3) is 0.710. The molecule has 2 aliphatic heterocycles. The zero-order chi connectivity index (χ0) is 113. The lowest BCUT2D eigenvalue weighted by Crippen LogP contribution is -2.33. The maximum absolute atomic E-state index is 11.0. The second-order valence-electron chi connectivity index (χ2n) is 41.7. The van der Waals surface area contributed by atoms with Crippen LogP contribution < -0.4 is 44.4 Å². The smallest absolute Gasteiger partial charge is 0.247 e. The van der Waals surface area contributed by atoms with E-state index in [4.69, 9.17) is 28.0 Å². The number of nitrogens with two attached hydrogens (primary N) is 4. The number of aromatic amines is 6. The summed E-state index contributed by atoms with van der Waals surface area (Å²) in [4.78, 5) is 88.7. The number of primary amides is 2. The zero-order valence-corrected chi connectivity index (χ0v) is 98.3.